The Bertz CT molecular complexity index is 175. The molecule has 0 amide bonds. The molecule has 0 saturated carbocycles. The highest BCUT2D eigenvalue weighted by atomic mass is 15.4. The van der Waals surface area contributed by atoms with Gasteiger partial charge in [-0.1, -0.05) is 0 Å². The van der Waals surface area contributed by atoms with E-state index >= 15 is 0 Å². The maximum atomic E-state index is 1.56. The third-order valence-corrected chi connectivity index (χ3v) is 5.19. The van der Waals surface area contributed by atoms with E-state index in [1.54, 1.807) is 23.7 Å². The molecule has 1 heteroatoms. The van der Waals surface area contributed by atoms with Crippen molar-refractivity contribution in [2.45, 2.75) is 56.9 Å². The zero-order valence-electron chi connectivity index (χ0n) is 8.73. The number of quaternary nitrogens is 1. The highest BCUT2D eigenvalue weighted by molar-refractivity contribution is 4.91. The van der Waals surface area contributed by atoms with Gasteiger partial charge in [-0.05, 0) is 25.7 Å². The average molecular weight is 180 g/mol. The van der Waals surface area contributed by atoms with Gasteiger partial charge in [0.15, 0.2) is 0 Å². The third kappa shape index (κ3) is 0.971. The summed E-state index contributed by atoms with van der Waals surface area (Å²) in [6.07, 6.45) is 12.3. The fraction of sp³-hybridized carbons (Fsp3) is 1.00. The second-order valence-electron chi connectivity index (χ2n) is 5.56. The first-order chi connectivity index (χ1) is 6.37. The lowest BCUT2D eigenvalue weighted by molar-refractivity contribution is -0.973. The molecular formula is C12H22N+. The quantitative estimate of drug-likeness (QED) is 0.503. The zero-order valence-corrected chi connectivity index (χ0v) is 8.73. The van der Waals surface area contributed by atoms with Gasteiger partial charge in [-0.15, -0.1) is 0 Å². The first-order valence-corrected chi connectivity index (χ1v) is 6.23. The molecule has 0 radical (unpaired) electrons. The maximum absolute atomic E-state index is 1.56. The van der Waals surface area contributed by atoms with Crippen LogP contribution in [0.5, 0.6) is 0 Å². The molecule has 3 heterocycles. The molecule has 0 N–H and O–H groups in total. The van der Waals surface area contributed by atoms with Crippen LogP contribution < -0.4 is 0 Å². The lowest BCUT2D eigenvalue weighted by atomic mass is 9.77. The van der Waals surface area contributed by atoms with Crippen LogP contribution in [0.1, 0.15) is 51.4 Å². The standard InChI is InChI=1S/C12H22N/c1-3-9-13-10-4-2-7-12(13,6-1)8-5-11-13/h1-11H2/q+1. The van der Waals surface area contributed by atoms with Crippen molar-refractivity contribution in [2.24, 2.45) is 0 Å². The minimum atomic E-state index is 0.802. The second-order valence-corrected chi connectivity index (χ2v) is 5.56. The highest BCUT2D eigenvalue weighted by Crippen LogP contribution is 2.50. The Labute approximate surface area is 81.7 Å². The number of rotatable bonds is 0. The first kappa shape index (κ1) is 8.28. The summed E-state index contributed by atoms with van der Waals surface area (Å²) in [7, 11) is 0. The zero-order chi connectivity index (χ0) is 8.78. The SMILES string of the molecule is C1CC[N+]23CCCCC2(C1)CCC3. The lowest BCUT2D eigenvalue weighted by Crippen LogP contribution is -2.65. The van der Waals surface area contributed by atoms with Crippen molar-refractivity contribution < 1.29 is 4.48 Å². The molecule has 0 unspecified atom stereocenters. The number of piperidine rings is 2. The molecule has 3 rings (SSSR count). The molecule has 0 atom stereocenters. The largest absolute Gasteiger partial charge is 0.319 e. The number of hydrogen-bond donors (Lipinski definition) is 0. The lowest BCUT2D eigenvalue weighted by Gasteiger charge is -2.55. The second kappa shape index (κ2) is 2.73. The Kier molecular flexibility index (Phi) is 1.74. The first-order valence-electron chi connectivity index (χ1n) is 6.23. The molecular weight excluding hydrogens is 158 g/mol. The molecule has 13 heavy (non-hydrogen) atoms. The monoisotopic (exact) mass is 180 g/mol. The molecule has 0 bridgehead atoms. The molecule has 3 saturated heterocycles. The summed E-state index contributed by atoms with van der Waals surface area (Å²) in [6.45, 7) is 4.58. The Hall–Kier alpha value is -0.0400. The summed E-state index contributed by atoms with van der Waals surface area (Å²) in [5.41, 5.74) is 0.802. The Balaban J connectivity index is 1.96. The van der Waals surface area contributed by atoms with E-state index in [1.807, 2.05) is 0 Å². The molecule has 3 aliphatic rings. The summed E-state index contributed by atoms with van der Waals surface area (Å²) in [4.78, 5) is 0. The van der Waals surface area contributed by atoms with Crippen molar-refractivity contribution >= 4 is 0 Å². The van der Waals surface area contributed by atoms with Gasteiger partial charge in [0.2, 0.25) is 0 Å². The van der Waals surface area contributed by atoms with Crippen molar-refractivity contribution in [3.63, 3.8) is 0 Å². The van der Waals surface area contributed by atoms with E-state index in [0.29, 0.717) is 0 Å². The molecule has 3 aliphatic heterocycles. The van der Waals surface area contributed by atoms with Crippen LogP contribution in [-0.4, -0.2) is 29.7 Å². The van der Waals surface area contributed by atoms with Crippen molar-refractivity contribution in [1.29, 1.82) is 0 Å². The van der Waals surface area contributed by atoms with E-state index in [-0.39, 0.29) is 0 Å². The van der Waals surface area contributed by atoms with Crippen LogP contribution in [0.25, 0.3) is 0 Å². The Morgan fingerprint density at radius 2 is 1.15 bits per heavy atom. The van der Waals surface area contributed by atoms with Crippen LogP contribution in [0.15, 0.2) is 0 Å². The molecule has 0 aromatic heterocycles. The summed E-state index contributed by atoms with van der Waals surface area (Å²) in [5.74, 6) is 0. The third-order valence-electron chi connectivity index (χ3n) is 5.19. The van der Waals surface area contributed by atoms with Gasteiger partial charge in [0.05, 0.1) is 25.2 Å². The molecule has 0 aliphatic carbocycles. The maximum Gasteiger partial charge on any atom is 0.0994 e. The minimum Gasteiger partial charge on any atom is -0.319 e. The predicted molar refractivity (Wildman–Crippen MR) is 54.5 cm³/mol. The molecule has 0 aromatic rings. The Morgan fingerprint density at radius 1 is 0.615 bits per heavy atom. The van der Waals surface area contributed by atoms with E-state index in [0.717, 1.165) is 5.54 Å². The van der Waals surface area contributed by atoms with E-state index in [4.69, 9.17) is 0 Å². The van der Waals surface area contributed by atoms with Crippen LogP contribution in [0, 0.1) is 0 Å². The average Bonchev–Trinajstić information content (AvgIpc) is 2.56. The van der Waals surface area contributed by atoms with E-state index in [2.05, 4.69) is 0 Å². The van der Waals surface area contributed by atoms with Crippen molar-refractivity contribution in [2.75, 3.05) is 19.6 Å². The summed E-state index contributed by atoms with van der Waals surface area (Å²) in [6, 6.07) is 0. The summed E-state index contributed by atoms with van der Waals surface area (Å²) < 4.78 is 1.56. The fourth-order valence-corrected chi connectivity index (χ4v) is 4.58. The highest BCUT2D eigenvalue weighted by Gasteiger charge is 2.56. The minimum absolute atomic E-state index is 0.802. The Morgan fingerprint density at radius 3 is 1.77 bits per heavy atom. The molecule has 3 fully saturated rings. The van der Waals surface area contributed by atoms with Crippen molar-refractivity contribution in [1.82, 2.24) is 0 Å². The van der Waals surface area contributed by atoms with Crippen LogP contribution >= 0.6 is 0 Å². The normalized spacial score (nSPS) is 49.8. The van der Waals surface area contributed by atoms with Gasteiger partial charge in [0.1, 0.15) is 0 Å². The topological polar surface area (TPSA) is 0 Å². The van der Waals surface area contributed by atoms with Gasteiger partial charge in [-0.25, -0.2) is 0 Å². The summed E-state index contributed by atoms with van der Waals surface area (Å²) >= 11 is 0. The van der Waals surface area contributed by atoms with Crippen LogP contribution in [0.2, 0.25) is 0 Å². The van der Waals surface area contributed by atoms with Crippen molar-refractivity contribution in [3.8, 4) is 0 Å². The van der Waals surface area contributed by atoms with Gasteiger partial charge < -0.3 is 4.48 Å². The fourth-order valence-electron chi connectivity index (χ4n) is 4.58. The van der Waals surface area contributed by atoms with E-state index in [1.165, 1.54) is 51.7 Å². The number of hydrogen-bond acceptors (Lipinski definition) is 0. The smallest absolute Gasteiger partial charge is 0.0994 e. The van der Waals surface area contributed by atoms with Gasteiger partial charge in [0.25, 0.3) is 0 Å². The molecule has 1 nitrogen and oxygen atoms in total. The molecule has 74 valence electrons. The van der Waals surface area contributed by atoms with Gasteiger partial charge in [-0.3, -0.25) is 0 Å². The predicted octanol–water partition coefficient (Wildman–Crippen LogP) is 2.70. The summed E-state index contributed by atoms with van der Waals surface area (Å²) in [5, 5.41) is 0. The molecule has 0 spiro atoms. The van der Waals surface area contributed by atoms with Gasteiger partial charge in [-0.2, -0.15) is 0 Å². The van der Waals surface area contributed by atoms with Gasteiger partial charge in [0, 0.05) is 25.7 Å². The number of nitrogens with zero attached hydrogens (tertiary/aromatic N) is 1. The van der Waals surface area contributed by atoms with Crippen LogP contribution in [0.3, 0.4) is 0 Å². The van der Waals surface area contributed by atoms with Gasteiger partial charge >= 0.3 is 0 Å². The van der Waals surface area contributed by atoms with E-state index in [9.17, 15) is 0 Å². The van der Waals surface area contributed by atoms with E-state index < -0.39 is 0 Å². The van der Waals surface area contributed by atoms with Crippen LogP contribution in [-0.2, 0) is 0 Å². The molecule has 0 aromatic carbocycles. The van der Waals surface area contributed by atoms with Crippen molar-refractivity contribution in [3.05, 3.63) is 0 Å². The van der Waals surface area contributed by atoms with Crippen LogP contribution in [0.4, 0.5) is 0 Å².